The van der Waals surface area contributed by atoms with Crippen LogP contribution in [0.5, 0.6) is 0 Å². The lowest BCUT2D eigenvalue weighted by atomic mass is 10.0. The maximum Gasteiger partial charge on any atom is 0.339 e. The van der Waals surface area contributed by atoms with E-state index in [-0.39, 0.29) is 34.5 Å². The molecule has 1 fully saturated rings. The minimum atomic E-state index is -1.02. The Labute approximate surface area is 154 Å². The molecule has 0 unspecified atom stereocenters. The molecular formula is C17H19N5O5. The van der Waals surface area contributed by atoms with Crippen molar-refractivity contribution in [2.75, 3.05) is 18.8 Å². The van der Waals surface area contributed by atoms with Gasteiger partial charge in [0.15, 0.2) is 0 Å². The number of piperidine rings is 1. The zero-order valence-corrected chi connectivity index (χ0v) is 14.7. The molecule has 0 spiro atoms. The maximum absolute atomic E-state index is 12.7. The number of amides is 1. The van der Waals surface area contributed by atoms with Crippen molar-refractivity contribution in [3.63, 3.8) is 0 Å². The lowest BCUT2D eigenvalue weighted by Gasteiger charge is -2.32. The summed E-state index contributed by atoms with van der Waals surface area (Å²) in [7, 11) is 0. The highest BCUT2D eigenvalue weighted by Crippen LogP contribution is 2.27. The van der Waals surface area contributed by atoms with Crippen molar-refractivity contribution in [1.29, 1.82) is 0 Å². The normalized spacial score (nSPS) is 14.9. The molecule has 0 bridgehead atoms. The highest BCUT2D eigenvalue weighted by molar-refractivity contribution is 5.95. The van der Waals surface area contributed by atoms with E-state index in [2.05, 4.69) is 5.10 Å². The number of carboxylic acid groups (broad SMARTS) is 1. The fraction of sp³-hybridized carbons (Fsp3) is 0.353. The SMILES string of the molecule is Cc1c(C(=O)O)cnn1C1CCN(C(=O)c2ccc(N)c([N+](=O)[O-])c2)CC1. The third-order valence-electron chi connectivity index (χ3n) is 4.85. The van der Waals surface area contributed by atoms with Crippen LogP contribution in [-0.2, 0) is 0 Å². The van der Waals surface area contributed by atoms with Gasteiger partial charge in [0.1, 0.15) is 11.3 Å². The second kappa shape index (κ2) is 7.06. The molecule has 10 heteroatoms. The molecule has 0 atom stereocenters. The number of likely N-dealkylation sites (tertiary alicyclic amines) is 1. The molecule has 0 radical (unpaired) electrons. The third-order valence-corrected chi connectivity index (χ3v) is 4.85. The average molecular weight is 373 g/mol. The number of benzene rings is 1. The van der Waals surface area contributed by atoms with Gasteiger partial charge in [0, 0.05) is 24.7 Å². The molecule has 0 aliphatic carbocycles. The molecule has 1 amide bonds. The minimum absolute atomic E-state index is 0.00269. The van der Waals surface area contributed by atoms with E-state index in [0.29, 0.717) is 31.6 Å². The van der Waals surface area contributed by atoms with Crippen molar-refractivity contribution >= 4 is 23.3 Å². The lowest BCUT2D eigenvalue weighted by molar-refractivity contribution is -0.383. The zero-order valence-electron chi connectivity index (χ0n) is 14.7. The van der Waals surface area contributed by atoms with Crippen molar-refractivity contribution in [3.8, 4) is 0 Å². The monoisotopic (exact) mass is 373 g/mol. The number of rotatable bonds is 4. The van der Waals surface area contributed by atoms with Crippen LogP contribution < -0.4 is 5.73 Å². The van der Waals surface area contributed by atoms with Crippen LogP contribution in [0.1, 0.15) is 45.3 Å². The van der Waals surface area contributed by atoms with Gasteiger partial charge in [-0.2, -0.15) is 5.10 Å². The number of aromatic carboxylic acids is 1. The Hall–Kier alpha value is -3.43. The van der Waals surface area contributed by atoms with E-state index in [9.17, 15) is 19.7 Å². The van der Waals surface area contributed by atoms with Gasteiger partial charge in [0.25, 0.3) is 11.6 Å². The summed E-state index contributed by atoms with van der Waals surface area (Å²) in [4.78, 5) is 35.8. The summed E-state index contributed by atoms with van der Waals surface area (Å²) in [5.41, 5.74) is 6.27. The number of nitrogen functional groups attached to an aromatic ring is 1. The number of anilines is 1. The van der Waals surface area contributed by atoms with Gasteiger partial charge in [-0.1, -0.05) is 0 Å². The van der Waals surface area contributed by atoms with Crippen molar-refractivity contribution < 1.29 is 19.6 Å². The fourth-order valence-corrected chi connectivity index (χ4v) is 3.33. The summed E-state index contributed by atoms with van der Waals surface area (Å²) < 4.78 is 1.69. The summed E-state index contributed by atoms with van der Waals surface area (Å²) in [6.07, 6.45) is 2.57. The number of nitro benzene ring substituents is 1. The van der Waals surface area contributed by atoms with Gasteiger partial charge >= 0.3 is 5.97 Å². The number of hydrogen-bond donors (Lipinski definition) is 2. The van der Waals surface area contributed by atoms with Crippen molar-refractivity contribution in [2.24, 2.45) is 0 Å². The molecular weight excluding hydrogens is 354 g/mol. The number of nitrogens with zero attached hydrogens (tertiary/aromatic N) is 4. The Bertz CT molecular complexity index is 914. The molecule has 27 heavy (non-hydrogen) atoms. The predicted octanol–water partition coefficient (Wildman–Crippen LogP) is 1.86. The average Bonchev–Trinajstić information content (AvgIpc) is 3.03. The van der Waals surface area contributed by atoms with E-state index in [1.54, 1.807) is 16.5 Å². The summed E-state index contributed by atoms with van der Waals surface area (Å²) >= 11 is 0. The smallest absolute Gasteiger partial charge is 0.339 e. The second-order valence-corrected chi connectivity index (χ2v) is 6.45. The van der Waals surface area contributed by atoms with Gasteiger partial charge in [-0.15, -0.1) is 0 Å². The van der Waals surface area contributed by atoms with Crippen molar-refractivity contribution in [1.82, 2.24) is 14.7 Å². The number of carbonyl (C=O) groups excluding carboxylic acids is 1. The molecule has 2 aromatic rings. The Morgan fingerprint density at radius 1 is 1.33 bits per heavy atom. The third kappa shape index (κ3) is 3.46. The molecule has 1 aromatic carbocycles. The molecule has 0 saturated carbocycles. The van der Waals surface area contributed by atoms with E-state index in [1.165, 1.54) is 24.4 Å². The topological polar surface area (TPSA) is 145 Å². The highest BCUT2D eigenvalue weighted by atomic mass is 16.6. The molecule has 142 valence electrons. The molecule has 3 rings (SSSR count). The van der Waals surface area contributed by atoms with Crippen LogP contribution >= 0.6 is 0 Å². The quantitative estimate of drug-likeness (QED) is 0.472. The van der Waals surface area contributed by atoms with Gasteiger partial charge in [-0.25, -0.2) is 4.79 Å². The van der Waals surface area contributed by atoms with Crippen LogP contribution in [0.2, 0.25) is 0 Å². The summed E-state index contributed by atoms with van der Waals surface area (Å²) in [6.45, 7) is 2.61. The molecule has 1 aliphatic rings. The van der Waals surface area contributed by atoms with Crippen molar-refractivity contribution in [2.45, 2.75) is 25.8 Å². The minimum Gasteiger partial charge on any atom is -0.478 e. The Morgan fingerprint density at radius 2 is 2.00 bits per heavy atom. The Kier molecular flexibility index (Phi) is 4.80. The molecule has 3 N–H and O–H groups in total. The zero-order chi connectivity index (χ0) is 19.7. The van der Waals surface area contributed by atoms with E-state index < -0.39 is 10.9 Å². The fourth-order valence-electron chi connectivity index (χ4n) is 3.33. The van der Waals surface area contributed by atoms with Crippen LogP contribution in [0.15, 0.2) is 24.4 Å². The van der Waals surface area contributed by atoms with E-state index in [1.807, 2.05) is 0 Å². The standard InChI is InChI=1S/C17H19N5O5/c1-10-13(17(24)25)9-19-21(10)12-4-6-20(7-5-12)16(23)11-2-3-14(18)15(8-11)22(26)27/h2-3,8-9,12H,4-7,18H2,1H3,(H,24,25). The predicted molar refractivity (Wildman–Crippen MR) is 95.6 cm³/mol. The number of carboxylic acids is 1. The van der Waals surface area contributed by atoms with Crippen LogP contribution in [0.25, 0.3) is 0 Å². The van der Waals surface area contributed by atoms with Gasteiger partial charge in [0.05, 0.1) is 22.9 Å². The number of nitrogens with two attached hydrogens (primary N) is 1. The second-order valence-electron chi connectivity index (χ2n) is 6.45. The summed E-state index contributed by atoms with van der Waals surface area (Å²) in [5, 5.41) is 24.3. The Balaban J connectivity index is 1.71. The summed E-state index contributed by atoms with van der Waals surface area (Å²) in [5.74, 6) is -1.31. The maximum atomic E-state index is 12.7. The Morgan fingerprint density at radius 3 is 2.56 bits per heavy atom. The number of carbonyl (C=O) groups is 2. The lowest BCUT2D eigenvalue weighted by Crippen LogP contribution is -2.39. The molecule has 1 aliphatic heterocycles. The molecule has 10 nitrogen and oxygen atoms in total. The number of nitro groups is 1. The van der Waals surface area contributed by atoms with Crippen LogP contribution in [-0.4, -0.2) is 49.7 Å². The first-order valence-corrected chi connectivity index (χ1v) is 8.40. The van der Waals surface area contributed by atoms with Gasteiger partial charge in [0.2, 0.25) is 0 Å². The largest absolute Gasteiger partial charge is 0.478 e. The molecule has 1 saturated heterocycles. The summed E-state index contributed by atoms with van der Waals surface area (Å²) in [6, 6.07) is 4.04. The van der Waals surface area contributed by atoms with Gasteiger partial charge in [-0.3, -0.25) is 19.6 Å². The first-order valence-electron chi connectivity index (χ1n) is 8.40. The van der Waals surface area contributed by atoms with Crippen LogP contribution in [0, 0.1) is 17.0 Å². The van der Waals surface area contributed by atoms with Gasteiger partial charge < -0.3 is 15.7 Å². The molecule has 1 aromatic heterocycles. The first-order chi connectivity index (χ1) is 12.8. The number of aromatic nitrogens is 2. The van der Waals surface area contributed by atoms with Gasteiger partial charge in [-0.05, 0) is 31.9 Å². The number of hydrogen-bond acceptors (Lipinski definition) is 6. The van der Waals surface area contributed by atoms with E-state index in [4.69, 9.17) is 10.8 Å². The highest BCUT2D eigenvalue weighted by Gasteiger charge is 2.28. The van der Waals surface area contributed by atoms with E-state index >= 15 is 0 Å². The van der Waals surface area contributed by atoms with Crippen LogP contribution in [0.3, 0.4) is 0 Å². The van der Waals surface area contributed by atoms with Crippen LogP contribution in [0.4, 0.5) is 11.4 Å². The molecule has 2 heterocycles. The van der Waals surface area contributed by atoms with E-state index in [0.717, 1.165) is 0 Å². The first kappa shape index (κ1) is 18.4. The van der Waals surface area contributed by atoms with Crippen molar-refractivity contribution in [3.05, 3.63) is 51.3 Å².